The van der Waals surface area contributed by atoms with Crippen LogP contribution in [0.5, 0.6) is 0 Å². The van der Waals surface area contributed by atoms with Gasteiger partial charge < -0.3 is 11.1 Å². The Morgan fingerprint density at radius 3 is 2.62 bits per heavy atom. The van der Waals surface area contributed by atoms with Crippen molar-refractivity contribution in [3.05, 3.63) is 33.4 Å². The van der Waals surface area contributed by atoms with Crippen LogP contribution >= 0.6 is 22.6 Å². The van der Waals surface area contributed by atoms with Crippen molar-refractivity contribution in [3.8, 4) is 0 Å². The van der Waals surface area contributed by atoms with Crippen LogP contribution in [0.3, 0.4) is 0 Å². The molecule has 1 aromatic carbocycles. The average molecular weight is 332 g/mol. The molecule has 1 aromatic rings. The molecule has 16 heavy (non-hydrogen) atoms. The van der Waals surface area contributed by atoms with Crippen LogP contribution in [-0.2, 0) is 4.79 Å². The van der Waals surface area contributed by atoms with Crippen molar-refractivity contribution in [2.75, 3.05) is 6.54 Å². The second-order valence-electron chi connectivity index (χ2n) is 3.31. The summed E-state index contributed by atoms with van der Waals surface area (Å²) < 4.78 is 0.910. The van der Waals surface area contributed by atoms with Gasteiger partial charge in [0.1, 0.15) is 0 Å². The maximum Gasteiger partial charge on any atom is 0.252 e. The van der Waals surface area contributed by atoms with Gasteiger partial charge in [0.2, 0.25) is 5.91 Å². The van der Waals surface area contributed by atoms with Gasteiger partial charge in [0.05, 0.1) is 5.56 Å². The van der Waals surface area contributed by atoms with Gasteiger partial charge in [-0.2, -0.15) is 0 Å². The first-order valence-corrected chi connectivity index (χ1v) is 6.00. The zero-order valence-corrected chi connectivity index (χ0v) is 10.9. The van der Waals surface area contributed by atoms with E-state index in [0.717, 1.165) is 3.57 Å². The second-order valence-corrected chi connectivity index (χ2v) is 4.47. The standard InChI is InChI=1S/C11H13IN2O2/c12-9-5-2-1-4-8(9)11(16)14-7-3-6-10(13)15/h1-2,4-5H,3,6-7H2,(H2,13,15)(H,14,16). The first-order chi connectivity index (χ1) is 7.61. The van der Waals surface area contributed by atoms with Crippen molar-refractivity contribution in [2.45, 2.75) is 12.8 Å². The molecule has 0 saturated carbocycles. The summed E-state index contributed by atoms with van der Waals surface area (Å²) in [7, 11) is 0. The fraction of sp³-hybridized carbons (Fsp3) is 0.273. The maximum atomic E-state index is 11.7. The molecule has 0 aromatic heterocycles. The number of benzene rings is 1. The minimum Gasteiger partial charge on any atom is -0.370 e. The molecular formula is C11H13IN2O2. The number of hydrogen-bond acceptors (Lipinski definition) is 2. The lowest BCUT2D eigenvalue weighted by Crippen LogP contribution is -2.26. The number of amides is 2. The lowest BCUT2D eigenvalue weighted by Gasteiger charge is -2.05. The summed E-state index contributed by atoms with van der Waals surface area (Å²) in [4.78, 5) is 22.2. The molecule has 86 valence electrons. The Bertz CT molecular complexity index is 393. The predicted octanol–water partition coefficient (Wildman–Crippen LogP) is 1.29. The van der Waals surface area contributed by atoms with Crippen molar-refractivity contribution in [1.29, 1.82) is 0 Å². The molecule has 1 rings (SSSR count). The van der Waals surface area contributed by atoms with Gasteiger partial charge in [-0.1, -0.05) is 12.1 Å². The third-order valence-corrected chi connectivity index (χ3v) is 2.94. The van der Waals surface area contributed by atoms with Crippen LogP contribution in [0, 0.1) is 3.57 Å². The van der Waals surface area contributed by atoms with Gasteiger partial charge in [-0.25, -0.2) is 0 Å². The van der Waals surface area contributed by atoms with E-state index in [-0.39, 0.29) is 11.8 Å². The van der Waals surface area contributed by atoms with Gasteiger partial charge in [-0.15, -0.1) is 0 Å². The van der Waals surface area contributed by atoms with Crippen LogP contribution in [0.1, 0.15) is 23.2 Å². The smallest absolute Gasteiger partial charge is 0.252 e. The van der Waals surface area contributed by atoms with Crippen LogP contribution < -0.4 is 11.1 Å². The molecule has 0 spiro atoms. The van der Waals surface area contributed by atoms with E-state index in [1.54, 1.807) is 6.07 Å². The van der Waals surface area contributed by atoms with E-state index >= 15 is 0 Å². The van der Waals surface area contributed by atoms with Crippen LogP contribution in [0.15, 0.2) is 24.3 Å². The molecule has 2 amide bonds. The molecule has 0 saturated heterocycles. The minimum atomic E-state index is -0.344. The van der Waals surface area contributed by atoms with E-state index in [2.05, 4.69) is 27.9 Å². The van der Waals surface area contributed by atoms with Crippen molar-refractivity contribution < 1.29 is 9.59 Å². The number of carbonyl (C=O) groups is 2. The van der Waals surface area contributed by atoms with Gasteiger partial charge in [-0.3, -0.25) is 9.59 Å². The first-order valence-electron chi connectivity index (χ1n) is 4.92. The van der Waals surface area contributed by atoms with Gasteiger partial charge >= 0.3 is 0 Å². The summed E-state index contributed by atoms with van der Waals surface area (Å²) in [6, 6.07) is 7.34. The van der Waals surface area contributed by atoms with E-state index in [0.29, 0.717) is 24.9 Å². The van der Waals surface area contributed by atoms with Crippen molar-refractivity contribution in [1.82, 2.24) is 5.32 Å². The molecule has 0 aliphatic heterocycles. The SMILES string of the molecule is NC(=O)CCCNC(=O)c1ccccc1I. The molecular weight excluding hydrogens is 319 g/mol. The number of rotatable bonds is 5. The Kier molecular flexibility index (Phi) is 5.24. The summed E-state index contributed by atoms with van der Waals surface area (Å²) in [5, 5.41) is 2.74. The quantitative estimate of drug-likeness (QED) is 0.630. The van der Waals surface area contributed by atoms with E-state index < -0.39 is 0 Å². The van der Waals surface area contributed by atoms with Crippen molar-refractivity contribution >= 4 is 34.4 Å². The number of nitrogens with one attached hydrogen (secondary N) is 1. The highest BCUT2D eigenvalue weighted by Crippen LogP contribution is 2.10. The van der Waals surface area contributed by atoms with Gasteiger partial charge in [0.15, 0.2) is 0 Å². The number of carbonyl (C=O) groups excluding carboxylic acids is 2. The molecule has 0 bridgehead atoms. The van der Waals surface area contributed by atoms with Crippen LogP contribution in [0.25, 0.3) is 0 Å². The molecule has 0 fully saturated rings. The fourth-order valence-electron chi connectivity index (χ4n) is 1.21. The molecule has 4 nitrogen and oxygen atoms in total. The Morgan fingerprint density at radius 1 is 1.31 bits per heavy atom. The Labute approximate surface area is 108 Å². The first kappa shape index (κ1) is 13.0. The summed E-state index contributed by atoms with van der Waals surface area (Å²) in [6.45, 7) is 0.465. The summed E-state index contributed by atoms with van der Waals surface area (Å²) in [6.07, 6.45) is 0.872. The van der Waals surface area contributed by atoms with Crippen LogP contribution in [-0.4, -0.2) is 18.4 Å². The monoisotopic (exact) mass is 332 g/mol. The molecule has 0 unspecified atom stereocenters. The van der Waals surface area contributed by atoms with Gasteiger partial charge in [0.25, 0.3) is 5.91 Å². The number of halogens is 1. The molecule has 3 N–H and O–H groups in total. The Hall–Kier alpha value is -1.11. The lowest BCUT2D eigenvalue weighted by atomic mass is 10.2. The lowest BCUT2D eigenvalue weighted by molar-refractivity contribution is -0.118. The van der Waals surface area contributed by atoms with E-state index in [4.69, 9.17) is 5.73 Å². The molecule has 5 heteroatoms. The summed E-state index contributed by atoms with van der Waals surface area (Å²) >= 11 is 2.11. The fourth-order valence-corrected chi connectivity index (χ4v) is 1.84. The normalized spacial score (nSPS) is 9.81. The topological polar surface area (TPSA) is 72.2 Å². The van der Waals surface area contributed by atoms with E-state index in [1.165, 1.54) is 0 Å². The highest BCUT2D eigenvalue weighted by Gasteiger charge is 2.07. The predicted molar refractivity (Wildman–Crippen MR) is 69.9 cm³/mol. The molecule has 0 radical (unpaired) electrons. The second kappa shape index (κ2) is 6.47. The Morgan fingerprint density at radius 2 is 2.00 bits per heavy atom. The highest BCUT2D eigenvalue weighted by atomic mass is 127. The van der Waals surface area contributed by atoms with Crippen molar-refractivity contribution in [2.24, 2.45) is 5.73 Å². The number of nitrogens with two attached hydrogens (primary N) is 1. The number of primary amides is 1. The van der Waals surface area contributed by atoms with E-state index in [1.807, 2.05) is 18.2 Å². The van der Waals surface area contributed by atoms with Gasteiger partial charge in [0, 0.05) is 16.5 Å². The third-order valence-electron chi connectivity index (χ3n) is 2.00. The zero-order valence-electron chi connectivity index (χ0n) is 8.70. The van der Waals surface area contributed by atoms with Crippen LogP contribution in [0.4, 0.5) is 0 Å². The summed E-state index contributed by atoms with van der Waals surface area (Å²) in [5.74, 6) is -0.460. The minimum absolute atomic E-state index is 0.116. The largest absolute Gasteiger partial charge is 0.370 e. The molecule has 0 aliphatic rings. The number of hydrogen-bond donors (Lipinski definition) is 2. The van der Waals surface area contributed by atoms with Gasteiger partial charge in [-0.05, 0) is 41.1 Å². The Balaban J connectivity index is 2.41. The third kappa shape index (κ3) is 4.18. The maximum absolute atomic E-state index is 11.7. The highest BCUT2D eigenvalue weighted by molar-refractivity contribution is 14.1. The average Bonchev–Trinajstić information content (AvgIpc) is 2.24. The zero-order chi connectivity index (χ0) is 12.0. The molecule has 0 aliphatic carbocycles. The molecule has 0 heterocycles. The van der Waals surface area contributed by atoms with E-state index in [9.17, 15) is 9.59 Å². The molecule has 0 atom stereocenters. The van der Waals surface area contributed by atoms with Crippen molar-refractivity contribution in [3.63, 3.8) is 0 Å². The summed E-state index contributed by atoms with van der Waals surface area (Å²) in [5.41, 5.74) is 5.65. The van der Waals surface area contributed by atoms with Crippen LogP contribution in [0.2, 0.25) is 0 Å².